The van der Waals surface area contributed by atoms with Crippen LogP contribution in [0.1, 0.15) is 53.9 Å². The molecule has 0 radical (unpaired) electrons. The van der Waals surface area contributed by atoms with E-state index in [4.69, 9.17) is 19.2 Å². The number of aliphatic hydroxyl groups excluding tert-OH is 1. The molecular formula is C32H35F6N7O4. The van der Waals surface area contributed by atoms with Gasteiger partial charge in [0.05, 0.1) is 73.1 Å². The number of rotatable bonds is 8. The highest BCUT2D eigenvalue weighted by molar-refractivity contribution is 5.94. The number of aromatic nitrogens is 3. The Bertz CT molecular complexity index is 1650. The maximum Gasteiger partial charge on any atom is 0.416 e. The molecule has 3 aliphatic heterocycles. The van der Waals surface area contributed by atoms with E-state index in [2.05, 4.69) is 20.3 Å². The zero-order valence-electron chi connectivity index (χ0n) is 26.7. The molecule has 264 valence electrons. The highest BCUT2D eigenvalue weighted by atomic mass is 19.4. The summed E-state index contributed by atoms with van der Waals surface area (Å²) in [5.41, 5.74) is -1.01. The molecule has 3 atom stereocenters. The van der Waals surface area contributed by atoms with Crippen LogP contribution in [-0.4, -0.2) is 84.8 Å². The molecule has 5 heterocycles. The number of aliphatic imine (C=N–C) groups is 1. The highest BCUT2D eigenvalue weighted by Gasteiger charge is 2.40. The quantitative estimate of drug-likeness (QED) is 0.304. The van der Waals surface area contributed by atoms with Gasteiger partial charge in [-0.25, -0.2) is 19.9 Å². The molecule has 1 aromatic carbocycles. The van der Waals surface area contributed by atoms with E-state index in [1.807, 2.05) is 22.8 Å². The Morgan fingerprint density at radius 3 is 2.33 bits per heavy atom. The van der Waals surface area contributed by atoms with E-state index in [-0.39, 0.29) is 55.0 Å². The lowest BCUT2D eigenvalue weighted by Gasteiger charge is -2.40. The number of anilines is 3. The number of hydrogen-bond acceptors (Lipinski definition) is 11. The fraction of sp³-hybridized carbons (Fsp3) is 0.500. The number of ether oxygens (including phenoxy) is 3. The van der Waals surface area contributed by atoms with Gasteiger partial charge in [-0.1, -0.05) is 6.92 Å². The maximum absolute atomic E-state index is 13.7. The molecule has 0 amide bonds. The van der Waals surface area contributed by atoms with Gasteiger partial charge in [0.1, 0.15) is 12.6 Å². The fourth-order valence-electron chi connectivity index (χ4n) is 6.22. The second-order valence-electron chi connectivity index (χ2n) is 11.9. The van der Waals surface area contributed by atoms with Gasteiger partial charge in [-0.2, -0.15) is 26.3 Å². The van der Waals surface area contributed by atoms with Gasteiger partial charge in [-0.05, 0) is 42.7 Å². The molecule has 3 aliphatic rings. The molecule has 6 rings (SSSR count). The van der Waals surface area contributed by atoms with E-state index < -0.39 is 29.5 Å². The molecule has 1 fully saturated rings. The van der Waals surface area contributed by atoms with Crippen LogP contribution in [0.3, 0.4) is 0 Å². The van der Waals surface area contributed by atoms with Gasteiger partial charge >= 0.3 is 12.4 Å². The van der Waals surface area contributed by atoms with Gasteiger partial charge in [0.25, 0.3) is 6.02 Å². The second kappa shape index (κ2) is 13.9. The Balaban J connectivity index is 1.38. The first kappa shape index (κ1) is 34.5. The summed E-state index contributed by atoms with van der Waals surface area (Å²) in [4.78, 5) is 22.3. The molecule has 11 nitrogen and oxygen atoms in total. The molecule has 0 bridgehead atoms. The number of morpholine rings is 1. The van der Waals surface area contributed by atoms with E-state index in [0.717, 1.165) is 12.1 Å². The average Bonchev–Trinajstić information content (AvgIpc) is 3.56. The summed E-state index contributed by atoms with van der Waals surface area (Å²) in [5, 5.41) is 12.9. The minimum Gasteiger partial charge on any atom is -0.481 e. The van der Waals surface area contributed by atoms with E-state index in [9.17, 15) is 31.4 Å². The van der Waals surface area contributed by atoms with Gasteiger partial charge in [0.15, 0.2) is 0 Å². The second-order valence-corrected chi connectivity index (χ2v) is 11.9. The van der Waals surface area contributed by atoms with Crippen molar-refractivity contribution in [1.82, 2.24) is 15.0 Å². The van der Waals surface area contributed by atoms with Crippen LogP contribution in [0.2, 0.25) is 0 Å². The van der Waals surface area contributed by atoms with Crippen molar-refractivity contribution in [2.24, 2.45) is 4.99 Å². The number of benzene rings is 1. The van der Waals surface area contributed by atoms with Gasteiger partial charge in [-0.3, -0.25) is 4.90 Å². The van der Waals surface area contributed by atoms with E-state index in [1.54, 1.807) is 6.07 Å². The van der Waals surface area contributed by atoms with Gasteiger partial charge in [0, 0.05) is 31.6 Å². The molecule has 1 saturated heterocycles. The van der Waals surface area contributed by atoms with Crippen LogP contribution >= 0.6 is 0 Å². The van der Waals surface area contributed by atoms with Crippen molar-refractivity contribution in [3.63, 3.8) is 0 Å². The Kier molecular flexibility index (Phi) is 9.75. The maximum atomic E-state index is 13.7. The average molecular weight is 696 g/mol. The zero-order chi connectivity index (χ0) is 34.9. The predicted octanol–water partition coefficient (Wildman–Crippen LogP) is 5.23. The van der Waals surface area contributed by atoms with E-state index in [0.29, 0.717) is 68.1 Å². The summed E-state index contributed by atoms with van der Waals surface area (Å²) in [6.45, 7) is 3.73. The van der Waals surface area contributed by atoms with Crippen molar-refractivity contribution in [1.29, 1.82) is 0 Å². The number of hydrogen-bond donors (Lipinski definition) is 2. The number of amidine groups is 1. The molecule has 17 heteroatoms. The van der Waals surface area contributed by atoms with Crippen LogP contribution in [0.4, 0.5) is 43.7 Å². The van der Waals surface area contributed by atoms with Crippen LogP contribution in [0.25, 0.3) is 0 Å². The topological polar surface area (TPSA) is 117 Å². The van der Waals surface area contributed by atoms with Crippen LogP contribution in [-0.2, 0) is 28.2 Å². The molecule has 49 heavy (non-hydrogen) atoms. The summed E-state index contributed by atoms with van der Waals surface area (Å²) in [7, 11) is 1.49. The largest absolute Gasteiger partial charge is 0.481 e. The number of methoxy groups -OCH3 is 1. The summed E-state index contributed by atoms with van der Waals surface area (Å²) in [6, 6.07) is 4.45. The number of aliphatic hydroxyl groups is 1. The SMILES string of the molecule is CC[C@@H]1C[C@H](Nc2ncc(N3CCOCC3)c(Cc3cc(C(F)(F)F)cc(C(F)(F)F)c3)n2)c2nc(OC)ccc2N1C1=N[C@H](CO)CO1. The highest BCUT2D eigenvalue weighted by Crippen LogP contribution is 2.41. The summed E-state index contributed by atoms with van der Waals surface area (Å²) in [5.74, 6) is 0.464. The van der Waals surface area contributed by atoms with Crippen molar-refractivity contribution in [2.45, 2.75) is 56.7 Å². The molecule has 0 unspecified atom stereocenters. The van der Waals surface area contributed by atoms with Crippen LogP contribution < -0.4 is 19.9 Å². The first-order valence-electron chi connectivity index (χ1n) is 15.8. The van der Waals surface area contributed by atoms with E-state index in [1.165, 1.54) is 13.3 Å². The van der Waals surface area contributed by atoms with Gasteiger partial charge in [-0.15, -0.1) is 0 Å². The van der Waals surface area contributed by atoms with Gasteiger partial charge in [0.2, 0.25) is 11.8 Å². The van der Waals surface area contributed by atoms with Crippen molar-refractivity contribution < 1.29 is 45.7 Å². The minimum atomic E-state index is -4.98. The lowest BCUT2D eigenvalue weighted by molar-refractivity contribution is -0.143. The zero-order valence-corrected chi connectivity index (χ0v) is 26.7. The Labute approximate surface area is 277 Å². The Morgan fingerprint density at radius 2 is 1.71 bits per heavy atom. The first-order chi connectivity index (χ1) is 23.4. The smallest absolute Gasteiger partial charge is 0.416 e. The van der Waals surface area contributed by atoms with Crippen molar-refractivity contribution in [2.75, 3.05) is 61.7 Å². The fourth-order valence-corrected chi connectivity index (χ4v) is 6.22. The molecule has 3 aromatic rings. The molecule has 0 saturated carbocycles. The van der Waals surface area contributed by atoms with Crippen molar-refractivity contribution in [3.05, 3.63) is 64.6 Å². The Hall–Kier alpha value is -4.38. The molecule has 0 aliphatic carbocycles. The first-order valence-corrected chi connectivity index (χ1v) is 15.8. The monoisotopic (exact) mass is 695 g/mol. The predicted molar refractivity (Wildman–Crippen MR) is 167 cm³/mol. The molecule has 2 aromatic heterocycles. The number of pyridine rings is 1. The Morgan fingerprint density at radius 1 is 1.00 bits per heavy atom. The summed E-state index contributed by atoms with van der Waals surface area (Å²) >= 11 is 0. The molecular weight excluding hydrogens is 660 g/mol. The standard InChI is InChI=1S/C32H35F6N7O4/c1-3-22-14-24(28-25(4-5-27(43-28)47-2)45(22)30-40-21(16-46)17-49-30)42-29-39-15-26(44-6-8-48-9-7-44)23(41-29)12-18-10-19(31(33,34)35)13-20(11-18)32(36,37)38/h4-5,10-11,13,15,21-22,24,46H,3,6-9,12,14,16-17H2,1-2H3,(H,39,41,42)/t21-,22-,24+/m1/s1. The lowest BCUT2D eigenvalue weighted by atomic mass is 9.93. The normalized spacial score (nSPS) is 21.2. The van der Waals surface area contributed by atoms with Gasteiger partial charge < -0.3 is 29.5 Å². The number of halogens is 6. The number of alkyl halides is 6. The third-order valence-corrected chi connectivity index (χ3v) is 8.65. The molecule has 0 spiro atoms. The van der Waals surface area contributed by atoms with Crippen molar-refractivity contribution in [3.8, 4) is 5.88 Å². The lowest BCUT2D eigenvalue weighted by Crippen LogP contribution is -2.46. The summed E-state index contributed by atoms with van der Waals surface area (Å²) in [6.07, 6.45) is -7.61. The molecule has 2 N–H and O–H groups in total. The summed E-state index contributed by atoms with van der Waals surface area (Å²) < 4.78 is 98.9. The van der Waals surface area contributed by atoms with Crippen LogP contribution in [0, 0.1) is 0 Å². The minimum absolute atomic E-state index is 0.112. The third-order valence-electron chi connectivity index (χ3n) is 8.65. The van der Waals surface area contributed by atoms with Crippen molar-refractivity contribution >= 4 is 23.3 Å². The number of nitrogens with one attached hydrogen (secondary N) is 1. The number of nitrogens with zero attached hydrogens (tertiary/aromatic N) is 6. The van der Waals surface area contributed by atoms with Crippen LogP contribution in [0.15, 0.2) is 41.5 Å². The third kappa shape index (κ3) is 7.46. The number of fused-ring (bicyclic) bond motifs is 1. The van der Waals surface area contributed by atoms with E-state index >= 15 is 0 Å². The van der Waals surface area contributed by atoms with Crippen LogP contribution in [0.5, 0.6) is 5.88 Å².